The number of hydrogen-bond acceptors (Lipinski definition) is 2. The number of nitrogens with zero attached hydrogens (tertiary/aromatic N) is 2. The van der Waals surface area contributed by atoms with Gasteiger partial charge in [0.2, 0.25) is 0 Å². The second-order valence-corrected chi connectivity index (χ2v) is 5.14. The van der Waals surface area contributed by atoms with E-state index < -0.39 is 5.82 Å². The normalized spacial score (nSPS) is 10.5. The Kier molecular flexibility index (Phi) is 4.47. The Morgan fingerprint density at radius 2 is 1.96 bits per heavy atom. The molecule has 1 heterocycles. The third kappa shape index (κ3) is 3.83. The van der Waals surface area contributed by atoms with Crippen LogP contribution in [-0.2, 0) is 6.42 Å². The summed E-state index contributed by atoms with van der Waals surface area (Å²) < 4.78 is 14.9. The average Bonchev–Trinajstić information content (AvgIpc) is 3.04. The summed E-state index contributed by atoms with van der Waals surface area (Å²) in [4.78, 5) is 11.9. The van der Waals surface area contributed by atoms with Crippen molar-refractivity contribution < 1.29 is 9.18 Å². The molecule has 1 aromatic heterocycles. The Morgan fingerprint density at radius 1 is 1.13 bits per heavy atom. The third-order valence-corrected chi connectivity index (χ3v) is 3.44. The number of carbonyl (C=O) groups is 1. The minimum Gasteiger partial charge on any atom is -0.352 e. The van der Waals surface area contributed by atoms with Gasteiger partial charge in [-0.25, -0.2) is 9.07 Å². The zero-order valence-electron chi connectivity index (χ0n) is 12.4. The summed E-state index contributed by atoms with van der Waals surface area (Å²) in [5.41, 5.74) is 2.33. The van der Waals surface area contributed by atoms with E-state index in [1.54, 1.807) is 16.9 Å². The molecule has 0 saturated heterocycles. The Hall–Kier alpha value is -2.95. The second kappa shape index (κ2) is 6.87. The van der Waals surface area contributed by atoms with Crippen molar-refractivity contribution in [2.75, 3.05) is 6.54 Å². The molecule has 0 unspecified atom stereocenters. The summed E-state index contributed by atoms with van der Waals surface area (Å²) in [5, 5.41) is 7.09. The highest BCUT2D eigenvalue weighted by Crippen LogP contribution is 2.08. The first kappa shape index (κ1) is 15.0. The molecule has 0 bridgehead atoms. The number of para-hydroxylation sites is 1. The lowest BCUT2D eigenvalue weighted by atomic mass is 10.2. The van der Waals surface area contributed by atoms with E-state index in [9.17, 15) is 9.18 Å². The predicted molar refractivity (Wildman–Crippen MR) is 86.0 cm³/mol. The summed E-state index contributed by atoms with van der Waals surface area (Å²) >= 11 is 0. The molecule has 1 N–H and O–H groups in total. The summed E-state index contributed by atoms with van der Waals surface area (Å²) in [6, 6.07) is 15.5. The molecule has 0 fully saturated rings. The first-order valence-electron chi connectivity index (χ1n) is 7.35. The molecule has 4 nitrogen and oxygen atoms in total. The van der Waals surface area contributed by atoms with E-state index in [4.69, 9.17) is 0 Å². The molecule has 116 valence electrons. The highest BCUT2D eigenvalue weighted by Gasteiger charge is 2.06. The second-order valence-electron chi connectivity index (χ2n) is 5.14. The highest BCUT2D eigenvalue weighted by molar-refractivity contribution is 5.94. The van der Waals surface area contributed by atoms with E-state index in [0.29, 0.717) is 18.5 Å². The van der Waals surface area contributed by atoms with Gasteiger partial charge in [-0.15, -0.1) is 0 Å². The van der Waals surface area contributed by atoms with Gasteiger partial charge in [0.15, 0.2) is 0 Å². The molecule has 0 spiro atoms. The molecule has 2 aromatic carbocycles. The SMILES string of the molecule is O=C(NCCc1cnn(-c2ccccc2)c1)c1cccc(F)c1. The number of nitrogens with one attached hydrogen (secondary N) is 1. The fourth-order valence-corrected chi connectivity index (χ4v) is 2.26. The smallest absolute Gasteiger partial charge is 0.251 e. The van der Waals surface area contributed by atoms with Crippen molar-refractivity contribution in [1.82, 2.24) is 15.1 Å². The van der Waals surface area contributed by atoms with E-state index in [0.717, 1.165) is 11.3 Å². The van der Waals surface area contributed by atoms with Gasteiger partial charge in [-0.3, -0.25) is 4.79 Å². The molecule has 0 aliphatic carbocycles. The van der Waals surface area contributed by atoms with Crippen molar-refractivity contribution in [3.8, 4) is 5.69 Å². The first-order valence-corrected chi connectivity index (χ1v) is 7.35. The Balaban J connectivity index is 1.55. The number of halogens is 1. The zero-order valence-corrected chi connectivity index (χ0v) is 12.4. The molecular formula is C18H16FN3O. The standard InChI is InChI=1S/C18H16FN3O/c19-16-6-4-5-15(11-16)18(23)20-10-9-14-12-21-22(13-14)17-7-2-1-3-8-17/h1-8,11-13H,9-10H2,(H,20,23). The van der Waals surface area contributed by atoms with Gasteiger partial charge in [0, 0.05) is 18.3 Å². The summed E-state index contributed by atoms with van der Waals surface area (Å²) in [6.45, 7) is 0.468. The van der Waals surface area contributed by atoms with Crippen molar-refractivity contribution in [2.24, 2.45) is 0 Å². The zero-order chi connectivity index (χ0) is 16.1. The average molecular weight is 309 g/mol. The number of aromatic nitrogens is 2. The van der Waals surface area contributed by atoms with Crippen LogP contribution in [0.15, 0.2) is 67.0 Å². The molecule has 1 amide bonds. The molecule has 0 aliphatic heterocycles. The van der Waals surface area contributed by atoms with Gasteiger partial charge in [-0.2, -0.15) is 5.10 Å². The molecule has 3 rings (SSSR count). The van der Waals surface area contributed by atoms with Crippen LogP contribution in [0.25, 0.3) is 5.69 Å². The molecule has 5 heteroatoms. The quantitative estimate of drug-likeness (QED) is 0.787. The van der Waals surface area contributed by atoms with E-state index in [1.807, 2.05) is 36.5 Å². The fraction of sp³-hybridized carbons (Fsp3) is 0.111. The van der Waals surface area contributed by atoms with Crippen molar-refractivity contribution >= 4 is 5.91 Å². The Morgan fingerprint density at radius 3 is 2.74 bits per heavy atom. The van der Waals surface area contributed by atoms with Crippen LogP contribution in [0.4, 0.5) is 4.39 Å². The van der Waals surface area contributed by atoms with E-state index >= 15 is 0 Å². The number of benzene rings is 2. The van der Waals surface area contributed by atoms with Crippen LogP contribution < -0.4 is 5.32 Å². The lowest BCUT2D eigenvalue weighted by Gasteiger charge is -2.04. The van der Waals surface area contributed by atoms with Crippen LogP contribution in [0.5, 0.6) is 0 Å². The molecule has 23 heavy (non-hydrogen) atoms. The van der Waals surface area contributed by atoms with Crippen molar-refractivity contribution in [3.63, 3.8) is 0 Å². The first-order chi connectivity index (χ1) is 11.2. The number of hydrogen-bond donors (Lipinski definition) is 1. The van der Waals surface area contributed by atoms with Crippen molar-refractivity contribution in [2.45, 2.75) is 6.42 Å². The van der Waals surface area contributed by atoms with Crippen LogP contribution in [0.1, 0.15) is 15.9 Å². The molecule has 0 aliphatic rings. The largest absolute Gasteiger partial charge is 0.352 e. The predicted octanol–water partition coefficient (Wildman–Crippen LogP) is 2.98. The summed E-state index contributed by atoms with van der Waals surface area (Å²) in [5.74, 6) is -0.693. The van der Waals surface area contributed by atoms with Crippen LogP contribution >= 0.6 is 0 Å². The van der Waals surface area contributed by atoms with Gasteiger partial charge in [0.1, 0.15) is 5.82 Å². The monoisotopic (exact) mass is 309 g/mol. The number of amides is 1. The molecule has 0 radical (unpaired) electrons. The Labute approximate surface area is 133 Å². The minimum atomic E-state index is -0.415. The molecule has 0 saturated carbocycles. The van der Waals surface area contributed by atoms with Crippen LogP contribution in [0, 0.1) is 5.82 Å². The van der Waals surface area contributed by atoms with E-state index in [-0.39, 0.29) is 5.91 Å². The van der Waals surface area contributed by atoms with Gasteiger partial charge in [0.05, 0.1) is 11.9 Å². The van der Waals surface area contributed by atoms with E-state index in [2.05, 4.69) is 10.4 Å². The lowest BCUT2D eigenvalue weighted by Crippen LogP contribution is -2.25. The maximum atomic E-state index is 13.1. The summed E-state index contributed by atoms with van der Waals surface area (Å²) in [7, 11) is 0. The Bertz CT molecular complexity index is 799. The van der Waals surface area contributed by atoms with Gasteiger partial charge < -0.3 is 5.32 Å². The highest BCUT2D eigenvalue weighted by atomic mass is 19.1. The van der Waals surface area contributed by atoms with Crippen molar-refractivity contribution in [3.05, 3.63) is 83.9 Å². The number of rotatable bonds is 5. The maximum absolute atomic E-state index is 13.1. The van der Waals surface area contributed by atoms with Gasteiger partial charge in [-0.1, -0.05) is 24.3 Å². The fourth-order valence-electron chi connectivity index (χ4n) is 2.26. The molecule has 3 aromatic rings. The topological polar surface area (TPSA) is 46.9 Å². The van der Waals surface area contributed by atoms with Crippen LogP contribution in [-0.4, -0.2) is 22.2 Å². The molecule has 0 atom stereocenters. The van der Waals surface area contributed by atoms with Gasteiger partial charge in [-0.05, 0) is 42.3 Å². The summed E-state index contributed by atoms with van der Waals surface area (Å²) in [6.07, 6.45) is 4.37. The van der Waals surface area contributed by atoms with Gasteiger partial charge in [0.25, 0.3) is 5.91 Å². The van der Waals surface area contributed by atoms with Crippen molar-refractivity contribution in [1.29, 1.82) is 0 Å². The number of carbonyl (C=O) groups excluding carboxylic acids is 1. The molecular weight excluding hydrogens is 293 g/mol. The maximum Gasteiger partial charge on any atom is 0.251 e. The third-order valence-electron chi connectivity index (χ3n) is 3.44. The van der Waals surface area contributed by atoms with E-state index in [1.165, 1.54) is 18.2 Å². The van der Waals surface area contributed by atoms with Crippen LogP contribution in [0.3, 0.4) is 0 Å². The minimum absolute atomic E-state index is 0.278. The lowest BCUT2D eigenvalue weighted by molar-refractivity contribution is 0.0953. The van der Waals surface area contributed by atoms with Gasteiger partial charge >= 0.3 is 0 Å². The van der Waals surface area contributed by atoms with Crippen LogP contribution in [0.2, 0.25) is 0 Å².